The van der Waals surface area contributed by atoms with Crippen LogP contribution in [0.1, 0.15) is 44.4 Å². The van der Waals surface area contributed by atoms with Crippen molar-refractivity contribution in [3.63, 3.8) is 0 Å². The minimum absolute atomic E-state index is 0.0813. The first-order valence-corrected chi connectivity index (χ1v) is 12.7. The number of hydrogen-bond donors (Lipinski definition) is 1. The number of carbonyl (C=O) groups excluding carboxylic acids is 3. The first-order valence-electron chi connectivity index (χ1n) is 11.5. The molecule has 1 atom stereocenters. The van der Waals surface area contributed by atoms with E-state index in [4.69, 9.17) is 25.5 Å². The van der Waals surface area contributed by atoms with Crippen LogP contribution in [0.5, 0.6) is 5.75 Å². The van der Waals surface area contributed by atoms with Gasteiger partial charge in [-0.3, -0.25) is 14.5 Å². The third-order valence-corrected chi connectivity index (χ3v) is 7.43. The number of esters is 1. The molecule has 38 heavy (non-hydrogen) atoms. The summed E-state index contributed by atoms with van der Waals surface area (Å²) in [6.07, 6.45) is 0. The Bertz CT molecular complexity index is 1620. The summed E-state index contributed by atoms with van der Waals surface area (Å²) in [7, 11) is 1.48. The van der Waals surface area contributed by atoms with Gasteiger partial charge in [-0.25, -0.2) is 9.78 Å². The normalized spacial score (nSPS) is 15.4. The lowest BCUT2D eigenvalue weighted by molar-refractivity contribution is -0.117. The van der Waals surface area contributed by atoms with Gasteiger partial charge in [0.05, 0.1) is 31.0 Å². The van der Waals surface area contributed by atoms with Crippen molar-refractivity contribution in [2.24, 2.45) is 0 Å². The zero-order valence-electron chi connectivity index (χ0n) is 20.5. The number of halogens is 1. The predicted octanol–water partition coefficient (Wildman–Crippen LogP) is 5.82. The molecule has 1 unspecified atom stereocenters. The smallest absolute Gasteiger partial charge is 0.350 e. The second kappa shape index (κ2) is 9.96. The summed E-state index contributed by atoms with van der Waals surface area (Å²) >= 11 is 7.02. The molecule has 1 aliphatic heterocycles. The molecule has 5 rings (SSSR count). The van der Waals surface area contributed by atoms with Crippen LogP contribution in [0.4, 0.5) is 5.13 Å². The number of anilines is 1. The Balaban J connectivity index is 1.64. The number of thiazole rings is 1. The largest absolute Gasteiger partial charge is 0.503 e. The van der Waals surface area contributed by atoms with Gasteiger partial charge in [0.15, 0.2) is 28.0 Å². The molecule has 194 valence electrons. The minimum atomic E-state index is -1.07. The van der Waals surface area contributed by atoms with E-state index in [0.717, 1.165) is 11.3 Å². The van der Waals surface area contributed by atoms with Crippen molar-refractivity contribution >= 4 is 56.7 Å². The zero-order valence-corrected chi connectivity index (χ0v) is 22.1. The van der Waals surface area contributed by atoms with Crippen molar-refractivity contribution in [2.75, 3.05) is 18.6 Å². The number of hydrogen-bond acceptors (Lipinski definition) is 9. The maximum absolute atomic E-state index is 13.8. The summed E-state index contributed by atoms with van der Waals surface area (Å²) in [6, 6.07) is 12.2. The summed E-state index contributed by atoms with van der Waals surface area (Å²) in [6.45, 7) is 3.47. The Labute approximate surface area is 225 Å². The third-order valence-electron chi connectivity index (χ3n) is 6.04. The van der Waals surface area contributed by atoms with E-state index in [0.29, 0.717) is 33.0 Å². The van der Waals surface area contributed by atoms with Crippen LogP contribution in [0, 0.1) is 6.92 Å². The number of Topliss-reactive ketones (excluding diaryl/α,β-unsaturated/α-hetero) is 1. The SMILES string of the molecule is CCOC(=O)c1sc(N2C(=O)C(O)=C(C(=O)c3cc4cccc(OC)c4o3)C2c2ccc(Cl)cc2)nc1C. The number of aliphatic hydroxyl groups is 1. The lowest BCUT2D eigenvalue weighted by Crippen LogP contribution is -2.31. The topological polar surface area (TPSA) is 119 Å². The fourth-order valence-electron chi connectivity index (χ4n) is 4.31. The van der Waals surface area contributed by atoms with Crippen LogP contribution in [0.2, 0.25) is 5.02 Å². The maximum Gasteiger partial charge on any atom is 0.350 e. The van der Waals surface area contributed by atoms with Crippen LogP contribution in [-0.4, -0.2) is 41.5 Å². The van der Waals surface area contributed by atoms with Crippen molar-refractivity contribution < 1.29 is 33.4 Å². The monoisotopic (exact) mass is 552 g/mol. The number of fused-ring (bicyclic) bond motifs is 1. The molecule has 2 aromatic carbocycles. The summed E-state index contributed by atoms with van der Waals surface area (Å²) in [5.74, 6) is -2.49. The Morgan fingerprint density at radius 2 is 1.95 bits per heavy atom. The number of amides is 1. The summed E-state index contributed by atoms with van der Waals surface area (Å²) < 4.78 is 16.3. The Hall–Kier alpha value is -4.15. The van der Waals surface area contributed by atoms with Gasteiger partial charge >= 0.3 is 5.97 Å². The average molecular weight is 553 g/mol. The highest BCUT2D eigenvalue weighted by Gasteiger charge is 2.47. The van der Waals surface area contributed by atoms with Crippen molar-refractivity contribution in [1.29, 1.82) is 0 Å². The Morgan fingerprint density at radius 1 is 1.21 bits per heavy atom. The summed E-state index contributed by atoms with van der Waals surface area (Å²) in [4.78, 5) is 45.5. The number of para-hydroxylation sites is 1. The number of carbonyl (C=O) groups is 3. The molecule has 0 radical (unpaired) electrons. The van der Waals surface area contributed by atoms with Crippen LogP contribution in [-0.2, 0) is 9.53 Å². The van der Waals surface area contributed by atoms with E-state index >= 15 is 0 Å². The second-order valence-electron chi connectivity index (χ2n) is 8.34. The second-order valence-corrected chi connectivity index (χ2v) is 9.76. The number of rotatable bonds is 7. The van der Waals surface area contributed by atoms with E-state index in [9.17, 15) is 19.5 Å². The molecule has 2 aromatic heterocycles. The van der Waals surface area contributed by atoms with E-state index in [1.165, 1.54) is 18.1 Å². The maximum atomic E-state index is 13.8. The molecule has 0 bridgehead atoms. The van der Waals surface area contributed by atoms with Gasteiger partial charge in [0.1, 0.15) is 4.88 Å². The van der Waals surface area contributed by atoms with Gasteiger partial charge < -0.3 is 19.0 Å². The van der Waals surface area contributed by atoms with E-state index < -0.39 is 29.5 Å². The van der Waals surface area contributed by atoms with Crippen molar-refractivity contribution in [1.82, 2.24) is 4.98 Å². The minimum Gasteiger partial charge on any atom is -0.503 e. The predicted molar refractivity (Wildman–Crippen MR) is 141 cm³/mol. The highest BCUT2D eigenvalue weighted by atomic mass is 35.5. The molecular formula is C27H21ClN2O7S. The Morgan fingerprint density at radius 3 is 2.63 bits per heavy atom. The molecule has 0 saturated heterocycles. The average Bonchev–Trinajstić information content (AvgIpc) is 3.58. The third kappa shape index (κ3) is 4.21. The first kappa shape index (κ1) is 25.5. The van der Waals surface area contributed by atoms with E-state index in [2.05, 4.69) is 4.98 Å². The number of methoxy groups -OCH3 is 1. The summed E-state index contributed by atoms with van der Waals surface area (Å²) in [5, 5.41) is 12.2. The lowest BCUT2D eigenvalue weighted by atomic mass is 9.95. The molecular weight excluding hydrogens is 532 g/mol. The fourth-order valence-corrected chi connectivity index (χ4v) is 5.42. The van der Waals surface area contributed by atoms with Gasteiger partial charge in [-0.1, -0.05) is 47.2 Å². The molecule has 0 aliphatic carbocycles. The Kier molecular flexibility index (Phi) is 6.68. The van der Waals surface area contributed by atoms with Gasteiger partial charge in [0, 0.05) is 10.4 Å². The molecule has 11 heteroatoms. The van der Waals surface area contributed by atoms with Crippen LogP contribution in [0.3, 0.4) is 0 Å². The van der Waals surface area contributed by atoms with Gasteiger partial charge in [-0.15, -0.1) is 0 Å². The molecule has 0 fully saturated rings. The van der Waals surface area contributed by atoms with Crippen LogP contribution >= 0.6 is 22.9 Å². The highest BCUT2D eigenvalue weighted by molar-refractivity contribution is 7.17. The highest BCUT2D eigenvalue weighted by Crippen LogP contribution is 2.44. The van der Waals surface area contributed by atoms with Crippen molar-refractivity contribution in [2.45, 2.75) is 19.9 Å². The van der Waals surface area contributed by atoms with Gasteiger partial charge in [0.25, 0.3) is 5.91 Å². The first-order chi connectivity index (χ1) is 18.2. The van der Waals surface area contributed by atoms with Crippen LogP contribution < -0.4 is 9.64 Å². The number of aryl methyl sites for hydroxylation is 1. The van der Waals surface area contributed by atoms with E-state index in [-0.39, 0.29) is 27.9 Å². The number of aromatic nitrogens is 1. The zero-order chi connectivity index (χ0) is 27.1. The molecule has 1 aliphatic rings. The fraction of sp³-hybridized carbons (Fsp3) is 0.185. The number of ether oxygens (including phenoxy) is 2. The standard InChI is InChI=1S/C27H21ClN2O7S/c1-4-36-26(34)24-13(2)29-27(38-24)30-20(14-8-10-16(28)11-9-14)19(22(32)25(30)33)21(31)18-12-15-6-5-7-17(35-3)23(15)37-18/h5-12,20,32H,4H2,1-3H3. The quantitative estimate of drug-likeness (QED) is 0.225. The molecule has 0 spiro atoms. The van der Waals surface area contributed by atoms with Crippen LogP contribution in [0.15, 0.2) is 64.3 Å². The van der Waals surface area contributed by atoms with E-state index in [1.54, 1.807) is 56.3 Å². The molecule has 1 N–H and O–H groups in total. The number of furan rings is 1. The van der Waals surface area contributed by atoms with E-state index in [1.807, 2.05) is 0 Å². The van der Waals surface area contributed by atoms with Gasteiger partial charge in [-0.05, 0) is 43.7 Å². The molecule has 9 nitrogen and oxygen atoms in total. The number of nitrogens with zero attached hydrogens (tertiary/aromatic N) is 2. The van der Waals surface area contributed by atoms with Crippen molar-refractivity contribution in [3.8, 4) is 5.75 Å². The van der Waals surface area contributed by atoms with Crippen molar-refractivity contribution in [3.05, 3.63) is 86.8 Å². The number of benzene rings is 2. The van der Waals surface area contributed by atoms with Gasteiger partial charge in [0.2, 0.25) is 5.78 Å². The molecule has 0 saturated carbocycles. The van der Waals surface area contributed by atoms with Crippen LogP contribution in [0.25, 0.3) is 11.0 Å². The summed E-state index contributed by atoms with van der Waals surface area (Å²) in [5.41, 5.74) is 1.02. The molecule has 3 heterocycles. The molecule has 4 aromatic rings. The molecule has 1 amide bonds. The lowest BCUT2D eigenvalue weighted by Gasteiger charge is -2.24. The van der Waals surface area contributed by atoms with Gasteiger partial charge in [-0.2, -0.15) is 0 Å². The number of ketones is 1. The number of aliphatic hydroxyl groups excluding tert-OH is 1.